The molecule has 2 nitrogen and oxygen atoms in total. The van der Waals surface area contributed by atoms with Crippen molar-refractivity contribution in [1.82, 2.24) is 5.32 Å². The van der Waals surface area contributed by atoms with Crippen LogP contribution in [0.15, 0.2) is 0 Å². The van der Waals surface area contributed by atoms with Gasteiger partial charge in [-0.1, -0.05) is 20.8 Å². The van der Waals surface area contributed by atoms with Gasteiger partial charge < -0.3 is 10.1 Å². The van der Waals surface area contributed by atoms with E-state index in [1.54, 1.807) is 7.11 Å². The summed E-state index contributed by atoms with van der Waals surface area (Å²) in [7, 11) is 1.74. The summed E-state index contributed by atoms with van der Waals surface area (Å²) in [6.07, 6.45) is 1.26. The van der Waals surface area contributed by atoms with Gasteiger partial charge in [-0.15, -0.1) is 0 Å². The number of thioether (sulfide) groups is 1. The minimum Gasteiger partial charge on any atom is -0.383 e. The lowest BCUT2D eigenvalue weighted by atomic mass is 10.4. The zero-order chi connectivity index (χ0) is 10.1. The molecule has 0 aromatic carbocycles. The molecule has 0 radical (unpaired) electrons. The fraction of sp³-hybridized carbons (Fsp3) is 1.00. The highest BCUT2D eigenvalue weighted by molar-refractivity contribution is 8.00. The van der Waals surface area contributed by atoms with Crippen LogP contribution in [0.5, 0.6) is 0 Å². The standard InChI is InChI=1S/C10H23NOS/c1-5-9(2)13-10(3)8-11-6-7-12-4/h9-11H,5-8H2,1-4H3. The Morgan fingerprint density at radius 3 is 2.54 bits per heavy atom. The van der Waals surface area contributed by atoms with Gasteiger partial charge in [0.1, 0.15) is 0 Å². The molecule has 0 amide bonds. The maximum absolute atomic E-state index is 4.96. The van der Waals surface area contributed by atoms with Crippen molar-refractivity contribution >= 4 is 11.8 Å². The average molecular weight is 205 g/mol. The largest absolute Gasteiger partial charge is 0.383 e. The van der Waals surface area contributed by atoms with Gasteiger partial charge in [-0.2, -0.15) is 11.8 Å². The fourth-order valence-electron chi connectivity index (χ4n) is 1.02. The maximum Gasteiger partial charge on any atom is 0.0587 e. The van der Waals surface area contributed by atoms with E-state index in [9.17, 15) is 0 Å². The summed E-state index contributed by atoms with van der Waals surface area (Å²) >= 11 is 2.05. The minimum atomic E-state index is 0.701. The molecular formula is C10H23NOS. The highest BCUT2D eigenvalue weighted by atomic mass is 32.2. The lowest BCUT2D eigenvalue weighted by Gasteiger charge is -2.16. The number of rotatable bonds is 8. The molecule has 13 heavy (non-hydrogen) atoms. The molecule has 0 bridgehead atoms. The van der Waals surface area contributed by atoms with Crippen LogP contribution in [-0.2, 0) is 4.74 Å². The van der Waals surface area contributed by atoms with E-state index < -0.39 is 0 Å². The molecule has 0 saturated heterocycles. The number of hydrogen-bond donors (Lipinski definition) is 1. The van der Waals surface area contributed by atoms with Crippen molar-refractivity contribution < 1.29 is 4.74 Å². The molecule has 3 heteroatoms. The summed E-state index contributed by atoms with van der Waals surface area (Å²) in [6.45, 7) is 9.65. The quantitative estimate of drug-likeness (QED) is 0.614. The molecule has 1 N–H and O–H groups in total. The number of nitrogens with one attached hydrogen (secondary N) is 1. The smallest absolute Gasteiger partial charge is 0.0587 e. The summed E-state index contributed by atoms with van der Waals surface area (Å²) in [5.41, 5.74) is 0. The van der Waals surface area contributed by atoms with Gasteiger partial charge in [0.2, 0.25) is 0 Å². The number of hydrogen-bond acceptors (Lipinski definition) is 3. The molecule has 80 valence electrons. The van der Waals surface area contributed by atoms with Gasteiger partial charge in [0.15, 0.2) is 0 Å². The van der Waals surface area contributed by atoms with E-state index in [2.05, 4.69) is 37.8 Å². The summed E-state index contributed by atoms with van der Waals surface area (Å²) in [6, 6.07) is 0. The summed E-state index contributed by atoms with van der Waals surface area (Å²) in [5, 5.41) is 4.85. The van der Waals surface area contributed by atoms with Crippen molar-refractivity contribution in [2.75, 3.05) is 26.8 Å². The van der Waals surface area contributed by atoms with Crippen LogP contribution in [0.4, 0.5) is 0 Å². The van der Waals surface area contributed by atoms with Crippen molar-refractivity contribution in [1.29, 1.82) is 0 Å². The molecule has 2 atom stereocenters. The highest BCUT2D eigenvalue weighted by Crippen LogP contribution is 2.18. The third-order valence-corrected chi connectivity index (χ3v) is 3.38. The summed E-state index contributed by atoms with van der Waals surface area (Å²) < 4.78 is 4.96. The Bertz CT molecular complexity index is 111. The second-order valence-corrected chi connectivity index (χ2v) is 5.24. The third-order valence-electron chi connectivity index (χ3n) is 1.95. The Labute approximate surface area is 86.8 Å². The SMILES string of the molecule is CCC(C)SC(C)CNCCOC. The highest BCUT2D eigenvalue weighted by Gasteiger charge is 2.06. The molecular weight excluding hydrogens is 182 g/mol. The molecule has 0 heterocycles. The zero-order valence-electron chi connectivity index (χ0n) is 9.30. The summed E-state index contributed by atoms with van der Waals surface area (Å²) in [5.74, 6) is 0. The van der Waals surface area contributed by atoms with Crippen molar-refractivity contribution in [2.45, 2.75) is 37.7 Å². The molecule has 0 aliphatic heterocycles. The van der Waals surface area contributed by atoms with Crippen LogP contribution in [-0.4, -0.2) is 37.3 Å². The van der Waals surface area contributed by atoms with Crippen molar-refractivity contribution in [3.8, 4) is 0 Å². The fourth-order valence-corrected chi connectivity index (χ4v) is 2.22. The second kappa shape index (κ2) is 8.85. The van der Waals surface area contributed by atoms with Gasteiger partial charge >= 0.3 is 0 Å². The first-order chi connectivity index (χ1) is 6.20. The van der Waals surface area contributed by atoms with Crippen molar-refractivity contribution in [2.24, 2.45) is 0 Å². The first-order valence-corrected chi connectivity index (χ1v) is 6.00. The molecule has 0 saturated carbocycles. The second-order valence-electron chi connectivity index (χ2n) is 3.36. The van der Waals surface area contributed by atoms with Crippen LogP contribution in [0.3, 0.4) is 0 Å². The molecule has 0 aromatic rings. The molecule has 0 aliphatic rings. The van der Waals surface area contributed by atoms with E-state index in [0.29, 0.717) is 5.25 Å². The van der Waals surface area contributed by atoms with E-state index >= 15 is 0 Å². The maximum atomic E-state index is 4.96. The Balaban J connectivity index is 3.24. The van der Waals surface area contributed by atoms with E-state index in [1.807, 2.05) is 0 Å². The van der Waals surface area contributed by atoms with Gasteiger partial charge in [-0.25, -0.2) is 0 Å². The van der Waals surface area contributed by atoms with Crippen LogP contribution in [0.1, 0.15) is 27.2 Å². The zero-order valence-corrected chi connectivity index (χ0v) is 10.1. The van der Waals surface area contributed by atoms with E-state index in [1.165, 1.54) is 6.42 Å². The van der Waals surface area contributed by atoms with E-state index in [4.69, 9.17) is 4.74 Å². The van der Waals surface area contributed by atoms with Crippen LogP contribution in [0.25, 0.3) is 0 Å². The molecule has 0 aromatic heterocycles. The third kappa shape index (κ3) is 8.60. The first-order valence-electron chi connectivity index (χ1n) is 5.05. The van der Waals surface area contributed by atoms with E-state index in [0.717, 1.165) is 24.9 Å². The first kappa shape index (κ1) is 13.3. The topological polar surface area (TPSA) is 21.3 Å². The Hall–Kier alpha value is 0.270. The van der Waals surface area contributed by atoms with Crippen LogP contribution >= 0.6 is 11.8 Å². The van der Waals surface area contributed by atoms with Gasteiger partial charge in [0.25, 0.3) is 0 Å². The van der Waals surface area contributed by atoms with Crippen LogP contribution in [0.2, 0.25) is 0 Å². The van der Waals surface area contributed by atoms with E-state index in [-0.39, 0.29) is 0 Å². The monoisotopic (exact) mass is 205 g/mol. The van der Waals surface area contributed by atoms with Crippen LogP contribution in [0, 0.1) is 0 Å². The normalized spacial score (nSPS) is 15.7. The summed E-state index contributed by atoms with van der Waals surface area (Å²) in [4.78, 5) is 0. The Morgan fingerprint density at radius 2 is 2.00 bits per heavy atom. The molecule has 0 spiro atoms. The lowest BCUT2D eigenvalue weighted by Crippen LogP contribution is -2.27. The molecule has 0 aliphatic carbocycles. The Kier molecular flexibility index (Phi) is 9.03. The number of ether oxygens (including phenoxy) is 1. The van der Waals surface area contributed by atoms with Crippen molar-refractivity contribution in [3.05, 3.63) is 0 Å². The van der Waals surface area contributed by atoms with Crippen molar-refractivity contribution in [3.63, 3.8) is 0 Å². The van der Waals surface area contributed by atoms with Gasteiger partial charge in [-0.3, -0.25) is 0 Å². The van der Waals surface area contributed by atoms with Gasteiger partial charge in [-0.05, 0) is 6.42 Å². The molecule has 0 fully saturated rings. The number of methoxy groups -OCH3 is 1. The average Bonchev–Trinajstić information content (AvgIpc) is 2.12. The lowest BCUT2D eigenvalue weighted by molar-refractivity contribution is 0.199. The minimum absolute atomic E-state index is 0.701. The Morgan fingerprint density at radius 1 is 1.31 bits per heavy atom. The van der Waals surface area contributed by atoms with Gasteiger partial charge in [0.05, 0.1) is 6.61 Å². The predicted molar refractivity (Wildman–Crippen MR) is 61.6 cm³/mol. The predicted octanol–water partition coefficient (Wildman–Crippen LogP) is 2.14. The van der Waals surface area contributed by atoms with Crippen LogP contribution < -0.4 is 5.32 Å². The van der Waals surface area contributed by atoms with Gasteiger partial charge in [0, 0.05) is 30.7 Å². The molecule has 2 unspecified atom stereocenters. The molecule has 0 rings (SSSR count).